The second kappa shape index (κ2) is 4.92. The molecule has 88 valence electrons. The molecule has 2 aromatic rings. The fraction of sp³-hybridized carbons (Fsp3) is 0.200. The van der Waals surface area contributed by atoms with Gasteiger partial charge in [-0.3, -0.25) is 4.79 Å². The van der Waals surface area contributed by atoms with Crippen LogP contribution in [0, 0.1) is 0 Å². The van der Waals surface area contributed by atoms with Gasteiger partial charge in [-0.1, -0.05) is 11.6 Å². The maximum absolute atomic E-state index is 11.8. The summed E-state index contributed by atoms with van der Waals surface area (Å²) in [5.41, 5.74) is 0.216. The molecule has 0 saturated heterocycles. The van der Waals surface area contributed by atoms with Gasteiger partial charge in [0.2, 0.25) is 0 Å². The number of halogens is 1. The molecule has 0 aliphatic carbocycles. The summed E-state index contributed by atoms with van der Waals surface area (Å²) < 4.78 is 0. The highest BCUT2D eigenvalue weighted by molar-refractivity contribution is 6.29. The van der Waals surface area contributed by atoms with Gasteiger partial charge in [-0.2, -0.15) is 0 Å². The molecule has 2 heterocycles. The number of nitrogens with zero attached hydrogens (tertiary/aromatic N) is 3. The Kier molecular flexibility index (Phi) is 3.34. The van der Waals surface area contributed by atoms with Gasteiger partial charge in [-0.25, -0.2) is 15.0 Å². The van der Waals surface area contributed by atoms with E-state index in [2.05, 4.69) is 25.3 Å². The molecule has 17 heavy (non-hydrogen) atoms. The zero-order valence-electron chi connectivity index (χ0n) is 9.01. The van der Waals surface area contributed by atoms with E-state index >= 15 is 0 Å². The molecule has 1 amide bonds. The number of amides is 1. The maximum atomic E-state index is 11.8. The molecule has 0 aliphatic heterocycles. The van der Waals surface area contributed by atoms with E-state index in [1.54, 1.807) is 12.4 Å². The lowest BCUT2D eigenvalue weighted by atomic mass is 10.3. The second-order valence-electron chi connectivity index (χ2n) is 3.39. The van der Waals surface area contributed by atoms with Gasteiger partial charge < -0.3 is 10.3 Å². The van der Waals surface area contributed by atoms with Crippen molar-refractivity contribution < 1.29 is 4.79 Å². The maximum Gasteiger partial charge on any atom is 0.272 e. The van der Waals surface area contributed by atoms with E-state index in [0.29, 0.717) is 5.82 Å². The standard InChI is InChI=1S/C10H10ClN5O/c1-6(9-12-2-3-13-9)16-10(17)7-4-15-8(11)5-14-7/h2-6H,1H3,(H,12,13)(H,16,17). The van der Waals surface area contributed by atoms with E-state index in [4.69, 9.17) is 11.6 Å². The van der Waals surface area contributed by atoms with Gasteiger partial charge in [0.25, 0.3) is 5.91 Å². The molecule has 2 aromatic heterocycles. The largest absolute Gasteiger partial charge is 0.347 e. The third-order valence-electron chi connectivity index (χ3n) is 2.13. The van der Waals surface area contributed by atoms with Crippen molar-refractivity contribution in [3.05, 3.63) is 41.5 Å². The van der Waals surface area contributed by atoms with Crippen LogP contribution in [0.4, 0.5) is 0 Å². The molecular formula is C10H10ClN5O. The number of carbonyl (C=O) groups is 1. The molecule has 0 bridgehead atoms. The summed E-state index contributed by atoms with van der Waals surface area (Å²) in [6, 6.07) is -0.227. The monoisotopic (exact) mass is 251 g/mol. The fourth-order valence-electron chi connectivity index (χ4n) is 1.28. The molecule has 0 fully saturated rings. The Morgan fingerprint density at radius 3 is 2.82 bits per heavy atom. The van der Waals surface area contributed by atoms with Crippen molar-refractivity contribution in [1.29, 1.82) is 0 Å². The van der Waals surface area contributed by atoms with Crippen molar-refractivity contribution in [1.82, 2.24) is 25.3 Å². The molecule has 6 nitrogen and oxygen atoms in total. The van der Waals surface area contributed by atoms with Crippen LogP contribution in [0.5, 0.6) is 0 Å². The SMILES string of the molecule is CC(NC(=O)c1cnc(Cl)cn1)c1ncc[nH]1. The molecule has 0 aromatic carbocycles. The lowest BCUT2D eigenvalue weighted by Crippen LogP contribution is -2.28. The number of aromatic nitrogens is 4. The van der Waals surface area contributed by atoms with E-state index in [1.165, 1.54) is 12.4 Å². The number of carbonyl (C=O) groups excluding carboxylic acids is 1. The third kappa shape index (κ3) is 2.79. The normalized spacial score (nSPS) is 12.1. The zero-order valence-corrected chi connectivity index (χ0v) is 9.77. The third-order valence-corrected chi connectivity index (χ3v) is 2.33. The molecule has 7 heteroatoms. The number of hydrogen-bond donors (Lipinski definition) is 2. The Bertz CT molecular complexity index is 496. The Hall–Kier alpha value is -1.95. The Labute approximate surface area is 102 Å². The van der Waals surface area contributed by atoms with E-state index in [-0.39, 0.29) is 22.8 Å². The van der Waals surface area contributed by atoms with E-state index in [1.807, 2.05) is 6.92 Å². The van der Waals surface area contributed by atoms with Crippen LogP contribution in [-0.4, -0.2) is 25.8 Å². The second-order valence-corrected chi connectivity index (χ2v) is 3.78. The van der Waals surface area contributed by atoms with Gasteiger partial charge in [0.05, 0.1) is 18.4 Å². The Morgan fingerprint density at radius 2 is 2.24 bits per heavy atom. The zero-order chi connectivity index (χ0) is 12.3. The average molecular weight is 252 g/mol. The molecule has 2 rings (SSSR count). The van der Waals surface area contributed by atoms with Crippen LogP contribution < -0.4 is 5.32 Å². The molecule has 1 unspecified atom stereocenters. The topological polar surface area (TPSA) is 83.6 Å². The summed E-state index contributed by atoms with van der Waals surface area (Å²) in [6.45, 7) is 1.82. The lowest BCUT2D eigenvalue weighted by Gasteiger charge is -2.10. The van der Waals surface area contributed by atoms with E-state index in [0.717, 1.165) is 0 Å². The first kappa shape index (κ1) is 11.5. The van der Waals surface area contributed by atoms with Crippen LogP contribution in [-0.2, 0) is 0 Å². The first-order valence-electron chi connectivity index (χ1n) is 4.94. The summed E-state index contributed by atoms with van der Waals surface area (Å²) in [5, 5.41) is 2.99. The molecule has 0 aliphatic rings. The van der Waals surface area contributed by atoms with Crippen LogP contribution in [0.25, 0.3) is 0 Å². The lowest BCUT2D eigenvalue weighted by molar-refractivity contribution is 0.0933. The average Bonchev–Trinajstić information content (AvgIpc) is 2.83. The number of aromatic amines is 1. The minimum atomic E-state index is -0.321. The van der Waals surface area contributed by atoms with Gasteiger partial charge in [-0.15, -0.1) is 0 Å². The summed E-state index contributed by atoms with van der Waals surface area (Å²) in [6.07, 6.45) is 5.97. The number of hydrogen-bond acceptors (Lipinski definition) is 4. The summed E-state index contributed by atoms with van der Waals surface area (Å²) in [7, 11) is 0. The van der Waals surface area contributed by atoms with Gasteiger partial charge in [0.15, 0.2) is 0 Å². The van der Waals surface area contributed by atoms with Crippen LogP contribution in [0.15, 0.2) is 24.8 Å². The minimum absolute atomic E-state index is 0.216. The molecular weight excluding hydrogens is 242 g/mol. The Morgan fingerprint density at radius 1 is 1.41 bits per heavy atom. The smallest absolute Gasteiger partial charge is 0.272 e. The van der Waals surface area contributed by atoms with Crippen LogP contribution in [0.3, 0.4) is 0 Å². The van der Waals surface area contributed by atoms with Crippen molar-refractivity contribution in [2.75, 3.05) is 0 Å². The Balaban J connectivity index is 2.04. The minimum Gasteiger partial charge on any atom is -0.347 e. The van der Waals surface area contributed by atoms with Crippen molar-refractivity contribution in [2.45, 2.75) is 13.0 Å². The van der Waals surface area contributed by atoms with Gasteiger partial charge in [0, 0.05) is 12.4 Å². The summed E-state index contributed by atoms with van der Waals surface area (Å²) in [4.78, 5) is 26.4. The number of imidazole rings is 1. The molecule has 2 N–H and O–H groups in total. The van der Waals surface area contributed by atoms with E-state index in [9.17, 15) is 4.79 Å². The quantitative estimate of drug-likeness (QED) is 0.862. The van der Waals surface area contributed by atoms with E-state index < -0.39 is 0 Å². The van der Waals surface area contributed by atoms with Crippen LogP contribution in [0.1, 0.15) is 29.3 Å². The highest BCUT2D eigenvalue weighted by Gasteiger charge is 2.14. The highest BCUT2D eigenvalue weighted by Crippen LogP contribution is 2.07. The summed E-state index contributed by atoms with van der Waals surface area (Å²) >= 11 is 5.58. The van der Waals surface area contributed by atoms with Crippen molar-refractivity contribution >= 4 is 17.5 Å². The van der Waals surface area contributed by atoms with Crippen molar-refractivity contribution in [3.8, 4) is 0 Å². The number of rotatable bonds is 3. The van der Waals surface area contributed by atoms with Gasteiger partial charge >= 0.3 is 0 Å². The number of nitrogens with one attached hydrogen (secondary N) is 2. The first-order valence-corrected chi connectivity index (χ1v) is 5.32. The first-order chi connectivity index (χ1) is 8.16. The van der Waals surface area contributed by atoms with Crippen molar-refractivity contribution in [2.24, 2.45) is 0 Å². The molecule has 0 radical (unpaired) electrons. The van der Waals surface area contributed by atoms with Gasteiger partial charge in [0.1, 0.15) is 16.7 Å². The summed E-state index contributed by atoms with van der Waals surface area (Å²) in [5.74, 6) is 0.360. The number of H-pyrrole nitrogens is 1. The molecule has 0 saturated carbocycles. The predicted octanol–water partition coefficient (Wildman–Crippen LogP) is 1.34. The predicted molar refractivity (Wildman–Crippen MR) is 61.5 cm³/mol. The highest BCUT2D eigenvalue weighted by atomic mass is 35.5. The van der Waals surface area contributed by atoms with Crippen LogP contribution in [0.2, 0.25) is 5.15 Å². The van der Waals surface area contributed by atoms with Crippen molar-refractivity contribution in [3.63, 3.8) is 0 Å². The van der Waals surface area contributed by atoms with Gasteiger partial charge in [-0.05, 0) is 6.92 Å². The molecule has 1 atom stereocenters. The molecule has 0 spiro atoms. The van der Waals surface area contributed by atoms with Crippen LogP contribution >= 0.6 is 11.6 Å². The fourth-order valence-corrected chi connectivity index (χ4v) is 1.38.